The van der Waals surface area contributed by atoms with Crippen molar-refractivity contribution in [2.24, 2.45) is 0 Å². The van der Waals surface area contributed by atoms with Gasteiger partial charge in [0.2, 0.25) is 0 Å². The first-order valence-corrected chi connectivity index (χ1v) is 8.44. The van der Waals surface area contributed by atoms with E-state index in [2.05, 4.69) is 32.9 Å². The summed E-state index contributed by atoms with van der Waals surface area (Å²) in [5, 5.41) is 0. The van der Waals surface area contributed by atoms with Gasteiger partial charge in [-0.3, -0.25) is 4.79 Å². The van der Waals surface area contributed by atoms with E-state index in [1.807, 2.05) is 17.0 Å². The third-order valence-corrected chi connectivity index (χ3v) is 4.55. The Kier molecular flexibility index (Phi) is 5.32. The van der Waals surface area contributed by atoms with Crippen LogP contribution in [0.15, 0.2) is 24.3 Å². The molecule has 116 valence electrons. The Bertz CT molecular complexity index is 473. The third-order valence-electron chi connectivity index (χ3n) is 4.33. The molecule has 2 rings (SSSR count). The summed E-state index contributed by atoms with van der Waals surface area (Å²) in [6.07, 6.45) is 4.28. The molecule has 21 heavy (non-hydrogen) atoms. The SMILES string of the molecule is CC(C)(C)c1ccc(C(=O)N2CCCCC2CCCl)cc1. The Balaban J connectivity index is 2.14. The van der Waals surface area contributed by atoms with Crippen LogP contribution in [0.2, 0.25) is 0 Å². The zero-order valence-corrected chi connectivity index (χ0v) is 14.1. The first kappa shape index (κ1) is 16.4. The van der Waals surface area contributed by atoms with E-state index in [-0.39, 0.29) is 11.3 Å². The third kappa shape index (κ3) is 4.00. The molecule has 1 aromatic rings. The Morgan fingerprint density at radius 1 is 1.24 bits per heavy atom. The van der Waals surface area contributed by atoms with Gasteiger partial charge in [0, 0.05) is 24.0 Å². The number of rotatable bonds is 3. The molecule has 0 aromatic heterocycles. The maximum atomic E-state index is 12.7. The zero-order chi connectivity index (χ0) is 15.5. The number of carbonyl (C=O) groups excluding carboxylic acids is 1. The average molecular weight is 308 g/mol. The topological polar surface area (TPSA) is 20.3 Å². The van der Waals surface area contributed by atoms with Crippen molar-refractivity contribution >= 4 is 17.5 Å². The summed E-state index contributed by atoms with van der Waals surface area (Å²) in [5.41, 5.74) is 2.17. The van der Waals surface area contributed by atoms with Gasteiger partial charge in [-0.05, 0) is 48.8 Å². The van der Waals surface area contributed by atoms with Crippen LogP contribution < -0.4 is 0 Å². The van der Waals surface area contributed by atoms with Crippen molar-refractivity contribution in [3.05, 3.63) is 35.4 Å². The van der Waals surface area contributed by atoms with E-state index in [0.717, 1.165) is 31.4 Å². The molecule has 1 amide bonds. The lowest BCUT2D eigenvalue weighted by molar-refractivity contribution is 0.0609. The van der Waals surface area contributed by atoms with E-state index in [4.69, 9.17) is 11.6 Å². The van der Waals surface area contributed by atoms with Gasteiger partial charge < -0.3 is 4.90 Å². The maximum absolute atomic E-state index is 12.7. The van der Waals surface area contributed by atoms with Crippen LogP contribution in [0.3, 0.4) is 0 Å². The van der Waals surface area contributed by atoms with E-state index in [9.17, 15) is 4.79 Å². The van der Waals surface area contributed by atoms with Crippen LogP contribution in [0.4, 0.5) is 0 Å². The number of amides is 1. The van der Waals surface area contributed by atoms with Gasteiger partial charge in [0.25, 0.3) is 5.91 Å². The molecule has 0 aliphatic carbocycles. The van der Waals surface area contributed by atoms with Crippen molar-refractivity contribution in [1.82, 2.24) is 4.90 Å². The molecule has 1 aromatic carbocycles. The van der Waals surface area contributed by atoms with Gasteiger partial charge in [-0.1, -0.05) is 32.9 Å². The Morgan fingerprint density at radius 2 is 1.90 bits per heavy atom. The van der Waals surface area contributed by atoms with Gasteiger partial charge in [0.05, 0.1) is 0 Å². The minimum absolute atomic E-state index is 0.119. The van der Waals surface area contributed by atoms with Crippen LogP contribution >= 0.6 is 11.6 Å². The monoisotopic (exact) mass is 307 g/mol. The molecule has 0 saturated carbocycles. The number of hydrogen-bond acceptors (Lipinski definition) is 1. The highest BCUT2D eigenvalue weighted by atomic mass is 35.5. The molecular weight excluding hydrogens is 282 g/mol. The molecule has 1 aliphatic rings. The van der Waals surface area contributed by atoms with Gasteiger partial charge in [-0.25, -0.2) is 0 Å². The van der Waals surface area contributed by atoms with Crippen molar-refractivity contribution in [1.29, 1.82) is 0 Å². The predicted molar refractivity (Wildman–Crippen MR) is 89.2 cm³/mol. The number of nitrogens with zero attached hydrogens (tertiary/aromatic N) is 1. The zero-order valence-electron chi connectivity index (χ0n) is 13.4. The lowest BCUT2D eigenvalue weighted by Gasteiger charge is -2.35. The van der Waals surface area contributed by atoms with Crippen LogP contribution in [-0.4, -0.2) is 29.3 Å². The van der Waals surface area contributed by atoms with Crippen LogP contribution in [-0.2, 0) is 5.41 Å². The summed E-state index contributed by atoms with van der Waals surface area (Å²) >= 11 is 5.88. The van der Waals surface area contributed by atoms with Crippen LogP contribution in [0.1, 0.15) is 62.4 Å². The number of piperidine rings is 1. The quantitative estimate of drug-likeness (QED) is 0.747. The fourth-order valence-electron chi connectivity index (χ4n) is 2.97. The molecule has 1 unspecified atom stereocenters. The predicted octanol–water partition coefficient (Wildman–Crippen LogP) is 4.61. The molecule has 1 heterocycles. The summed E-state index contributed by atoms with van der Waals surface area (Å²) in [5.74, 6) is 0.780. The van der Waals surface area contributed by atoms with E-state index in [1.165, 1.54) is 12.0 Å². The highest BCUT2D eigenvalue weighted by Crippen LogP contribution is 2.25. The van der Waals surface area contributed by atoms with Gasteiger partial charge in [0.15, 0.2) is 0 Å². The minimum Gasteiger partial charge on any atom is -0.336 e. The van der Waals surface area contributed by atoms with Crippen LogP contribution in [0.5, 0.6) is 0 Å². The molecule has 0 radical (unpaired) electrons. The summed E-state index contributed by atoms with van der Waals surface area (Å²) in [7, 11) is 0. The van der Waals surface area contributed by atoms with E-state index < -0.39 is 0 Å². The molecule has 2 nitrogen and oxygen atoms in total. The molecule has 0 N–H and O–H groups in total. The van der Waals surface area contributed by atoms with Gasteiger partial charge >= 0.3 is 0 Å². The number of hydrogen-bond donors (Lipinski definition) is 0. The molecule has 1 atom stereocenters. The molecule has 1 saturated heterocycles. The second-order valence-corrected chi connectivity index (χ2v) is 7.33. The number of likely N-dealkylation sites (tertiary alicyclic amines) is 1. The summed E-state index contributed by atoms with van der Waals surface area (Å²) in [4.78, 5) is 14.8. The first-order valence-electron chi connectivity index (χ1n) is 7.91. The molecular formula is C18H26ClNO. The standard InChI is InChI=1S/C18H26ClNO/c1-18(2,3)15-9-7-14(8-10-15)17(21)20-13-5-4-6-16(20)11-12-19/h7-10,16H,4-6,11-13H2,1-3H3. The smallest absolute Gasteiger partial charge is 0.254 e. The van der Waals surface area contributed by atoms with Crippen molar-refractivity contribution in [2.45, 2.75) is 57.9 Å². The fourth-order valence-corrected chi connectivity index (χ4v) is 3.22. The van der Waals surface area contributed by atoms with Gasteiger partial charge in [-0.15, -0.1) is 11.6 Å². The first-order chi connectivity index (χ1) is 9.93. The van der Waals surface area contributed by atoms with Crippen LogP contribution in [0.25, 0.3) is 0 Å². The molecule has 0 bridgehead atoms. The average Bonchev–Trinajstić information content (AvgIpc) is 2.47. The largest absolute Gasteiger partial charge is 0.336 e. The van der Waals surface area contributed by atoms with Crippen molar-refractivity contribution < 1.29 is 4.79 Å². The van der Waals surface area contributed by atoms with Crippen molar-refractivity contribution in [3.63, 3.8) is 0 Å². The van der Waals surface area contributed by atoms with Gasteiger partial charge in [-0.2, -0.15) is 0 Å². The number of alkyl halides is 1. The lowest BCUT2D eigenvalue weighted by atomic mass is 9.86. The highest BCUT2D eigenvalue weighted by molar-refractivity contribution is 6.17. The van der Waals surface area contributed by atoms with E-state index in [1.54, 1.807) is 0 Å². The molecule has 1 aliphatic heterocycles. The highest BCUT2D eigenvalue weighted by Gasteiger charge is 2.27. The summed E-state index contributed by atoms with van der Waals surface area (Å²) < 4.78 is 0. The van der Waals surface area contributed by atoms with Gasteiger partial charge in [0.1, 0.15) is 0 Å². The van der Waals surface area contributed by atoms with Crippen LogP contribution in [0, 0.1) is 0 Å². The molecule has 0 spiro atoms. The fraction of sp³-hybridized carbons (Fsp3) is 0.611. The lowest BCUT2D eigenvalue weighted by Crippen LogP contribution is -2.44. The van der Waals surface area contributed by atoms with E-state index in [0.29, 0.717) is 11.9 Å². The Labute approximate surface area is 133 Å². The number of halogens is 1. The number of carbonyl (C=O) groups is 1. The van der Waals surface area contributed by atoms with E-state index >= 15 is 0 Å². The van der Waals surface area contributed by atoms with Crippen molar-refractivity contribution in [2.75, 3.05) is 12.4 Å². The second kappa shape index (κ2) is 6.83. The Morgan fingerprint density at radius 3 is 2.48 bits per heavy atom. The molecule has 1 fully saturated rings. The Hall–Kier alpha value is -1.02. The minimum atomic E-state index is 0.119. The molecule has 3 heteroatoms. The summed E-state index contributed by atoms with van der Waals surface area (Å²) in [6.45, 7) is 7.42. The number of benzene rings is 1. The maximum Gasteiger partial charge on any atom is 0.254 e. The van der Waals surface area contributed by atoms with Crippen molar-refractivity contribution in [3.8, 4) is 0 Å². The summed E-state index contributed by atoms with van der Waals surface area (Å²) in [6, 6.07) is 8.40. The normalized spacial score (nSPS) is 19.6. The second-order valence-electron chi connectivity index (χ2n) is 6.95.